The number of benzene rings is 2. The van der Waals surface area contributed by atoms with Gasteiger partial charge in [-0.1, -0.05) is 46.9 Å². The smallest absolute Gasteiger partial charge is 0.272 e. The maximum Gasteiger partial charge on any atom is 0.272 e. The van der Waals surface area contributed by atoms with Crippen molar-refractivity contribution in [1.29, 1.82) is 0 Å². The summed E-state index contributed by atoms with van der Waals surface area (Å²) in [6.07, 6.45) is 1.37. The molecule has 1 N–H and O–H groups in total. The van der Waals surface area contributed by atoms with E-state index in [1.54, 1.807) is 30.3 Å². The van der Waals surface area contributed by atoms with Crippen LogP contribution >= 0.6 is 34.8 Å². The monoisotopic (exact) mass is 386 g/mol. The van der Waals surface area contributed by atoms with Gasteiger partial charge in [0.25, 0.3) is 5.91 Å². The number of nitrogens with one attached hydrogen (secondary N) is 1. The maximum absolute atomic E-state index is 12.0. The number of hydrogen-bond acceptors (Lipinski definition) is 4. The Hall–Kier alpha value is -1.95. The Kier molecular flexibility index (Phi) is 6.31. The lowest BCUT2D eigenvalue weighted by Gasteiger charge is -2.12. The van der Waals surface area contributed by atoms with Crippen LogP contribution in [0, 0.1) is 0 Å². The summed E-state index contributed by atoms with van der Waals surface area (Å²) in [4.78, 5) is 12.0. The molecule has 0 saturated carbocycles. The zero-order valence-corrected chi connectivity index (χ0v) is 15.0. The molecule has 0 saturated heterocycles. The molecule has 24 heavy (non-hydrogen) atoms. The van der Waals surface area contributed by atoms with Gasteiger partial charge in [0.2, 0.25) is 0 Å². The first kappa shape index (κ1) is 18.4. The van der Waals surface area contributed by atoms with E-state index in [4.69, 9.17) is 44.3 Å². The SMILES string of the molecule is COc1c(Cl)cc(/C=N\NC(=O)c2ccccc2Cl)c(OC)c1Cl. The van der Waals surface area contributed by atoms with Gasteiger partial charge in [-0.3, -0.25) is 4.79 Å². The highest BCUT2D eigenvalue weighted by Gasteiger charge is 2.16. The van der Waals surface area contributed by atoms with Crippen LogP contribution in [0.15, 0.2) is 35.4 Å². The molecule has 2 aromatic carbocycles. The average Bonchev–Trinajstić information content (AvgIpc) is 2.55. The molecule has 0 spiro atoms. The third-order valence-electron chi connectivity index (χ3n) is 3.06. The van der Waals surface area contributed by atoms with Gasteiger partial charge in [-0.25, -0.2) is 5.43 Å². The van der Waals surface area contributed by atoms with Gasteiger partial charge in [0.15, 0.2) is 5.75 Å². The van der Waals surface area contributed by atoms with Crippen LogP contribution in [0.25, 0.3) is 0 Å². The molecule has 0 atom stereocenters. The van der Waals surface area contributed by atoms with Gasteiger partial charge >= 0.3 is 0 Å². The standard InChI is InChI=1S/C16H13Cl3N2O3/c1-23-14-9(7-12(18)15(24-2)13(14)19)8-20-21-16(22)10-5-3-4-6-11(10)17/h3-8H,1-2H3,(H,21,22)/b20-8-. The van der Waals surface area contributed by atoms with Gasteiger partial charge in [0, 0.05) is 5.56 Å². The Morgan fingerprint density at radius 2 is 1.75 bits per heavy atom. The van der Waals surface area contributed by atoms with Crippen LogP contribution in [0.5, 0.6) is 11.5 Å². The molecule has 0 aliphatic rings. The number of ether oxygens (including phenoxy) is 2. The molecule has 0 aromatic heterocycles. The molecule has 2 rings (SSSR count). The lowest BCUT2D eigenvalue weighted by Crippen LogP contribution is -2.18. The molecular weight excluding hydrogens is 375 g/mol. The molecule has 0 radical (unpaired) electrons. The van der Waals surface area contributed by atoms with Gasteiger partial charge in [-0.05, 0) is 18.2 Å². The topological polar surface area (TPSA) is 59.9 Å². The van der Waals surface area contributed by atoms with Crippen molar-refractivity contribution in [2.75, 3.05) is 14.2 Å². The first-order valence-electron chi connectivity index (χ1n) is 6.67. The molecule has 126 valence electrons. The van der Waals surface area contributed by atoms with Gasteiger partial charge < -0.3 is 9.47 Å². The average molecular weight is 388 g/mol. The summed E-state index contributed by atoms with van der Waals surface area (Å²) in [6.45, 7) is 0. The highest BCUT2D eigenvalue weighted by molar-refractivity contribution is 6.38. The molecule has 5 nitrogen and oxygen atoms in total. The number of carbonyl (C=O) groups is 1. The Balaban J connectivity index is 2.23. The van der Waals surface area contributed by atoms with Crippen molar-refractivity contribution in [1.82, 2.24) is 5.43 Å². The number of methoxy groups -OCH3 is 2. The summed E-state index contributed by atoms with van der Waals surface area (Å²) in [5, 5.41) is 4.72. The molecule has 2 aromatic rings. The Morgan fingerprint density at radius 3 is 2.38 bits per heavy atom. The first-order valence-corrected chi connectivity index (χ1v) is 7.80. The van der Waals surface area contributed by atoms with Crippen LogP contribution in [0.1, 0.15) is 15.9 Å². The summed E-state index contributed by atoms with van der Waals surface area (Å²) in [7, 11) is 2.90. The van der Waals surface area contributed by atoms with E-state index in [-0.39, 0.29) is 5.02 Å². The predicted octanol–water partition coefficient (Wildman–Crippen LogP) is 4.43. The first-order chi connectivity index (χ1) is 11.5. The third kappa shape index (κ3) is 3.93. The second kappa shape index (κ2) is 8.24. The minimum Gasteiger partial charge on any atom is -0.494 e. The maximum atomic E-state index is 12.0. The molecule has 0 aliphatic carbocycles. The second-order valence-corrected chi connectivity index (χ2v) is 5.70. The van der Waals surface area contributed by atoms with Crippen molar-refractivity contribution >= 4 is 46.9 Å². The van der Waals surface area contributed by atoms with E-state index in [0.29, 0.717) is 32.7 Å². The van der Waals surface area contributed by atoms with Crippen molar-refractivity contribution in [2.24, 2.45) is 5.10 Å². The van der Waals surface area contributed by atoms with Gasteiger partial charge in [0.05, 0.1) is 36.0 Å². The summed E-state index contributed by atoms with van der Waals surface area (Å²) in [6, 6.07) is 8.21. The molecule has 0 aliphatic heterocycles. The van der Waals surface area contributed by atoms with E-state index in [1.807, 2.05) is 0 Å². The second-order valence-electron chi connectivity index (χ2n) is 4.51. The molecular formula is C16H13Cl3N2O3. The molecule has 0 bridgehead atoms. The number of hydrogen-bond donors (Lipinski definition) is 1. The minimum atomic E-state index is -0.443. The Bertz CT molecular complexity index is 794. The number of rotatable bonds is 5. The van der Waals surface area contributed by atoms with Crippen molar-refractivity contribution in [3.63, 3.8) is 0 Å². The van der Waals surface area contributed by atoms with Gasteiger partial charge in [-0.15, -0.1) is 0 Å². The van der Waals surface area contributed by atoms with Gasteiger partial charge in [0.1, 0.15) is 10.8 Å². The van der Waals surface area contributed by atoms with Crippen LogP contribution in [0.4, 0.5) is 0 Å². The molecule has 0 unspecified atom stereocenters. The largest absolute Gasteiger partial charge is 0.494 e. The Morgan fingerprint density at radius 1 is 1.08 bits per heavy atom. The zero-order valence-electron chi connectivity index (χ0n) is 12.8. The normalized spacial score (nSPS) is 10.7. The summed E-state index contributed by atoms with van der Waals surface area (Å²) >= 11 is 18.2. The molecule has 0 fully saturated rings. The van der Waals surface area contributed by atoms with Crippen LogP contribution in [0.2, 0.25) is 15.1 Å². The van der Waals surface area contributed by atoms with E-state index < -0.39 is 5.91 Å². The van der Waals surface area contributed by atoms with E-state index in [0.717, 1.165) is 0 Å². The van der Waals surface area contributed by atoms with Crippen LogP contribution in [0.3, 0.4) is 0 Å². The lowest BCUT2D eigenvalue weighted by atomic mass is 10.2. The number of halogens is 3. The van der Waals surface area contributed by atoms with E-state index in [2.05, 4.69) is 10.5 Å². The van der Waals surface area contributed by atoms with E-state index in [9.17, 15) is 4.79 Å². The summed E-state index contributed by atoms with van der Waals surface area (Å²) < 4.78 is 10.4. The van der Waals surface area contributed by atoms with Crippen molar-refractivity contribution < 1.29 is 14.3 Å². The molecule has 8 heteroatoms. The van der Waals surface area contributed by atoms with E-state index in [1.165, 1.54) is 20.4 Å². The van der Waals surface area contributed by atoms with Crippen LogP contribution < -0.4 is 14.9 Å². The Labute approximate surface area is 154 Å². The predicted molar refractivity (Wildman–Crippen MR) is 96.1 cm³/mol. The van der Waals surface area contributed by atoms with Crippen molar-refractivity contribution in [3.05, 3.63) is 56.5 Å². The number of hydrazone groups is 1. The number of carbonyl (C=O) groups excluding carboxylic acids is 1. The highest BCUT2D eigenvalue weighted by atomic mass is 35.5. The minimum absolute atomic E-state index is 0.214. The molecule has 0 heterocycles. The number of amides is 1. The fourth-order valence-corrected chi connectivity index (χ4v) is 2.88. The zero-order chi connectivity index (χ0) is 17.7. The fraction of sp³-hybridized carbons (Fsp3) is 0.125. The third-order valence-corrected chi connectivity index (χ3v) is 4.01. The fourth-order valence-electron chi connectivity index (χ4n) is 1.96. The van der Waals surface area contributed by atoms with Gasteiger partial charge in [-0.2, -0.15) is 5.10 Å². The molecule has 1 amide bonds. The summed E-state index contributed by atoms with van der Waals surface area (Å²) in [5.41, 5.74) is 3.17. The lowest BCUT2D eigenvalue weighted by molar-refractivity contribution is 0.0955. The van der Waals surface area contributed by atoms with Crippen molar-refractivity contribution in [2.45, 2.75) is 0 Å². The van der Waals surface area contributed by atoms with Crippen molar-refractivity contribution in [3.8, 4) is 11.5 Å². The highest BCUT2D eigenvalue weighted by Crippen LogP contribution is 2.41. The van der Waals surface area contributed by atoms with E-state index >= 15 is 0 Å². The van der Waals surface area contributed by atoms with Crippen LogP contribution in [-0.4, -0.2) is 26.3 Å². The van der Waals surface area contributed by atoms with Crippen LogP contribution in [-0.2, 0) is 0 Å². The quantitative estimate of drug-likeness (QED) is 0.610. The summed E-state index contributed by atoms with van der Waals surface area (Å²) in [5.74, 6) is 0.183. The number of nitrogens with zero attached hydrogens (tertiary/aromatic N) is 1.